The Hall–Kier alpha value is -2.60. The van der Waals surface area contributed by atoms with Crippen LogP contribution in [0.3, 0.4) is 0 Å². The van der Waals surface area contributed by atoms with Crippen molar-refractivity contribution >= 4 is 5.91 Å². The van der Waals surface area contributed by atoms with Gasteiger partial charge in [-0.2, -0.15) is 0 Å². The molecule has 2 aromatic rings. The highest BCUT2D eigenvalue weighted by molar-refractivity contribution is 5.77. The molecule has 0 radical (unpaired) electrons. The molecule has 0 unspecified atom stereocenters. The van der Waals surface area contributed by atoms with Gasteiger partial charge in [0.2, 0.25) is 12.7 Å². The Kier molecular flexibility index (Phi) is 4.73. The van der Waals surface area contributed by atoms with E-state index in [0.717, 1.165) is 17.0 Å². The molecule has 0 atom stereocenters. The third kappa shape index (κ3) is 3.78. The summed E-state index contributed by atoms with van der Waals surface area (Å²) in [5.41, 5.74) is 1.80. The van der Waals surface area contributed by atoms with Crippen LogP contribution in [0, 0.1) is 0 Å². The Morgan fingerprint density at radius 2 is 2.09 bits per heavy atom. The van der Waals surface area contributed by atoms with Crippen LogP contribution in [0.2, 0.25) is 0 Å². The Morgan fingerprint density at radius 1 is 1.22 bits per heavy atom. The number of carbonyl (C=O) groups excluding carboxylic acids is 1. The van der Waals surface area contributed by atoms with Crippen molar-refractivity contribution in [2.75, 3.05) is 20.5 Å². The summed E-state index contributed by atoms with van der Waals surface area (Å²) >= 11 is 0. The maximum atomic E-state index is 12.3. The summed E-state index contributed by atoms with van der Waals surface area (Å²) in [6.45, 7) is 1.16. The average Bonchev–Trinajstić information content (AvgIpc) is 3.03. The number of benzene rings is 1. The highest BCUT2D eigenvalue weighted by Crippen LogP contribution is 2.32. The third-order valence-corrected chi connectivity index (χ3v) is 3.51. The summed E-state index contributed by atoms with van der Waals surface area (Å²) < 4.78 is 15.7. The first-order chi connectivity index (χ1) is 11.3. The lowest BCUT2D eigenvalue weighted by Crippen LogP contribution is -2.33. The Bertz CT molecular complexity index is 676. The van der Waals surface area contributed by atoms with Gasteiger partial charge in [0.05, 0.1) is 12.2 Å². The summed E-state index contributed by atoms with van der Waals surface area (Å²) in [6.07, 6.45) is 1.72. The summed E-state index contributed by atoms with van der Waals surface area (Å²) in [4.78, 5) is 18.3. The predicted octanol–water partition coefficient (Wildman–Crippen LogP) is 1.99. The summed E-state index contributed by atoms with van der Waals surface area (Å²) in [7, 11) is 1.51. The fraction of sp³-hybridized carbons (Fsp3) is 0.294. The Labute approximate surface area is 134 Å². The first kappa shape index (κ1) is 15.3. The molecule has 6 heteroatoms. The van der Waals surface area contributed by atoms with E-state index < -0.39 is 0 Å². The van der Waals surface area contributed by atoms with Crippen LogP contribution < -0.4 is 9.47 Å². The minimum atomic E-state index is -0.0872. The lowest BCUT2D eigenvalue weighted by molar-refractivity contribution is -0.136. The largest absolute Gasteiger partial charge is 0.454 e. The second kappa shape index (κ2) is 7.11. The molecule has 1 aromatic heterocycles. The van der Waals surface area contributed by atoms with Crippen molar-refractivity contribution in [2.45, 2.75) is 13.1 Å². The van der Waals surface area contributed by atoms with E-state index >= 15 is 0 Å². The third-order valence-electron chi connectivity index (χ3n) is 3.51. The van der Waals surface area contributed by atoms with Crippen LogP contribution in [-0.2, 0) is 22.6 Å². The van der Waals surface area contributed by atoms with Crippen LogP contribution in [0.25, 0.3) is 0 Å². The van der Waals surface area contributed by atoms with Crippen molar-refractivity contribution in [1.29, 1.82) is 0 Å². The number of rotatable bonds is 6. The minimum absolute atomic E-state index is 0.0391. The molecule has 23 heavy (non-hydrogen) atoms. The first-order valence-corrected chi connectivity index (χ1v) is 7.31. The molecular formula is C17H18N2O4. The fourth-order valence-corrected chi connectivity index (χ4v) is 2.39. The Morgan fingerprint density at radius 3 is 2.87 bits per heavy atom. The molecule has 1 aliphatic heterocycles. The van der Waals surface area contributed by atoms with Gasteiger partial charge in [-0.05, 0) is 29.8 Å². The number of pyridine rings is 1. The molecule has 0 spiro atoms. The van der Waals surface area contributed by atoms with Gasteiger partial charge in [0.25, 0.3) is 0 Å². The van der Waals surface area contributed by atoms with Crippen LogP contribution in [0.1, 0.15) is 11.3 Å². The molecule has 1 aromatic carbocycles. The van der Waals surface area contributed by atoms with Gasteiger partial charge >= 0.3 is 0 Å². The standard InChI is InChI=1S/C17H18N2O4/c1-21-11-17(20)19(10-14-4-2-3-7-18-14)9-13-5-6-15-16(8-13)23-12-22-15/h2-8H,9-12H2,1H3. The van der Waals surface area contributed by atoms with Gasteiger partial charge in [-0.25, -0.2) is 0 Å². The SMILES string of the molecule is COCC(=O)N(Cc1ccc2c(c1)OCO2)Cc1ccccn1. The smallest absolute Gasteiger partial charge is 0.249 e. The monoisotopic (exact) mass is 314 g/mol. The fourth-order valence-electron chi connectivity index (χ4n) is 2.39. The van der Waals surface area contributed by atoms with Crippen LogP contribution in [0.4, 0.5) is 0 Å². The van der Waals surface area contributed by atoms with E-state index in [1.165, 1.54) is 7.11 Å². The molecule has 0 saturated heterocycles. The zero-order valence-corrected chi connectivity index (χ0v) is 12.9. The number of carbonyl (C=O) groups is 1. The normalized spacial score (nSPS) is 12.2. The molecule has 0 saturated carbocycles. The zero-order chi connectivity index (χ0) is 16.1. The van der Waals surface area contributed by atoms with Crippen molar-refractivity contribution in [2.24, 2.45) is 0 Å². The van der Waals surface area contributed by atoms with E-state index in [1.807, 2.05) is 36.4 Å². The molecule has 1 aliphatic rings. The second-order valence-electron chi connectivity index (χ2n) is 5.19. The van der Waals surface area contributed by atoms with Crippen molar-refractivity contribution in [3.05, 3.63) is 53.9 Å². The number of hydrogen-bond donors (Lipinski definition) is 0. The number of hydrogen-bond acceptors (Lipinski definition) is 5. The van der Waals surface area contributed by atoms with Crippen LogP contribution in [0.15, 0.2) is 42.6 Å². The second-order valence-corrected chi connectivity index (χ2v) is 5.19. The van der Waals surface area contributed by atoms with Crippen molar-refractivity contribution in [3.8, 4) is 11.5 Å². The summed E-state index contributed by atoms with van der Waals surface area (Å²) in [5.74, 6) is 1.35. The maximum Gasteiger partial charge on any atom is 0.249 e. The summed E-state index contributed by atoms with van der Waals surface area (Å²) in [5, 5.41) is 0. The number of fused-ring (bicyclic) bond motifs is 1. The number of nitrogens with zero attached hydrogens (tertiary/aromatic N) is 2. The molecule has 0 bridgehead atoms. The quantitative estimate of drug-likeness (QED) is 0.816. The number of methoxy groups -OCH3 is 1. The number of ether oxygens (including phenoxy) is 3. The topological polar surface area (TPSA) is 60.9 Å². The van der Waals surface area contributed by atoms with Gasteiger partial charge in [0.1, 0.15) is 6.61 Å². The van der Waals surface area contributed by atoms with Crippen LogP contribution in [0.5, 0.6) is 11.5 Å². The molecule has 120 valence electrons. The zero-order valence-electron chi connectivity index (χ0n) is 12.9. The van der Waals surface area contributed by atoms with Gasteiger partial charge < -0.3 is 19.1 Å². The van der Waals surface area contributed by atoms with E-state index in [0.29, 0.717) is 18.8 Å². The molecule has 0 aliphatic carbocycles. The van der Waals surface area contributed by atoms with E-state index in [9.17, 15) is 4.79 Å². The van der Waals surface area contributed by atoms with Gasteiger partial charge in [-0.3, -0.25) is 9.78 Å². The van der Waals surface area contributed by atoms with E-state index in [-0.39, 0.29) is 19.3 Å². The molecular weight excluding hydrogens is 296 g/mol. The molecule has 3 rings (SSSR count). The maximum absolute atomic E-state index is 12.3. The van der Waals surface area contributed by atoms with Gasteiger partial charge in [0, 0.05) is 19.9 Å². The van der Waals surface area contributed by atoms with E-state index in [1.54, 1.807) is 11.1 Å². The van der Waals surface area contributed by atoms with Gasteiger partial charge in [0.15, 0.2) is 11.5 Å². The lowest BCUT2D eigenvalue weighted by atomic mass is 10.2. The Balaban J connectivity index is 1.76. The van der Waals surface area contributed by atoms with Crippen LogP contribution in [-0.4, -0.2) is 36.3 Å². The molecule has 0 N–H and O–H groups in total. The van der Waals surface area contributed by atoms with E-state index in [4.69, 9.17) is 14.2 Å². The van der Waals surface area contributed by atoms with Crippen molar-refractivity contribution in [1.82, 2.24) is 9.88 Å². The predicted molar refractivity (Wildman–Crippen MR) is 82.9 cm³/mol. The number of aromatic nitrogens is 1. The van der Waals surface area contributed by atoms with Crippen LogP contribution >= 0.6 is 0 Å². The highest BCUT2D eigenvalue weighted by Gasteiger charge is 2.18. The molecule has 1 amide bonds. The van der Waals surface area contributed by atoms with Crippen molar-refractivity contribution < 1.29 is 19.0 Å². The lowest BCUT2D eigenvalue weighted by Gasteiger charge is -2.22. The van der Waals surface area contributed by atoms with E-state index in [2.05, 4.69) is 4.98 Å². The number of amides is 1. The minimum Gasteiger partial charge on any atom is -0.454 e. The summed E-state index contributed by atoms with van der Waals surface area (Å²) in [6, 6.07) is 11.3. The van der Waals surface area contributed by atoms with Gasteiger partial charge in [-0.15, -0.1) is 0 Å². The van der Waals surface area contributed by atoms with Crippen molar-refractivity contribution in [3.63, 3.8) is 0 Å². The molecule has 6 nitrogen and oxygen atoms in total. The highest BCUT2D eigenvalue weighted by atomic mass is 16.7. The average molecular weight is 314 g/mol. The van der Waals surface area contributed by atoms with Gasteiger partial charge in [-0.1, -0.05) is 12.1 Å². The first-order valence-electron chi connectivity index (χ1n) is 7.31. The molecule has 0 fully saturated rings. The molecule has 2 heterocycles.